The number of nitrogens with one attached hydrogen (secondary N) is 1. The molecule has 0 bridgehead atoms. The summed E-state index contributed by atoms with van der Waals surface area (Å²) in [5, 5.41) is 11.9. The number of hydrogen-bond donors (Lipinski definition) is 2. The number of benzene rings is 2. The molecule has 2 aromatic rings. The molecule has 0 aromatic heterocycles. The van der Waals surface area contributed by atoms with Crippen molar-refractivity contribution < 1.29 is 40.7 Å². The standard InChI is InChI=1S/C28H35F6N3O2/c1-35-26(39)25(21-7-4-3-5-8-21)37(14-10-24(11-15-37)36(2)12-6-16-38)13-9-20-17-22(27(29,30)31)19-23(18-20)28(32,33)34/h3-5,7-8,17-19,24-25,38H,6,9-16H2,1-2H3/p+1. The summed E-state index contributed by atoms with van der Waals surface area (Å²) in [6, 6.07) is 10.3. The number of quaternary nitrogens is 1. The molecule has 2 aromatic carbocycles. The molecule has 0 saturated carbocycles. The molecular formula is C28H36F6N3O2+. The Balaban J connectivity index is 1.99. The Morgan fingerprint density at radius 1 is 1.03 bits per heavy atom. The Kier molecular flexibility index (Phi) is 10.1. The van der Waals surface area contributed by atoms with Crippen LogP contribution in [0.5, 0.6) is 0 Å². The summed E-state index contributed by atoms with van der Waals surface area (Å²) in [6.07, 6.45) is -7.90. The van der Waals surface area contributed by atoms with Gasteiger partial charge in [0.25, 0.3) is 5.91 Å². The van der Waals surface area contributed by atoms with Gasteiger partial charge in [-0.05, 0) is 37.2 Å². The van der Waals surface area contributed by atoms with Gasteiger partial charge in [0.15, 0.2) is 6.04 Å². The first-order chi connectivity index (χ1) is 18.3. The molecule has 1 fully saturated rings. The van der Waals surface area contributed by atoms with Crippen LogP contribution in [0.1, 0.15) is 47.6 Å². The molecule has 3 rings (SSSR count). The summed E-state index contributed by atoms with van der Waals surface area (Å²) in [5.74, 6) is -0.256. The van der Waals surface area contributed by atoms with Crippen molar-refractivity contribution in [3.63, 3.8) is 0 Å². The lowest BCUT2D eigenvalue weighted by Crippen LogP contribution is -2.61. The lowest BCUT2D eigenvalue weighted by atomic mass is 9.92. The van der Waals surface area contributed by atoms with Crippen LogP contribution in [-0.4, -0.2) is 73.3 Å². The normalized spacial score (nSPS) is 21.1. The van der Waals surface area contributed by atoms with Crippen molar-refractivity contribution in [2.75, 3.05) is 46.9 Å². The van der Waals surface area contributed by atoms with Crippen molar-refractivity contribution in [2.24, 2.45) is 0 Å². The van der Waals surface area contributed by atoms with Crippen molar-refractivity contribution in [2.45, 2.75) is 50.1 Å². The second-order valence-electron chi connectivity index (χ2n) is 10.3. The Morgan fingerprint density at radius 2 is 1.59 bits per heavy atom. The third kappa shape index (κ3) is 7.73. The molecule has 11 heteroatoms. The summed E-state index contributed by atoms with van der Waals surface area (Å²) in [7, 11) is 3.49. The molecule has 1 aliphatic rings. The van der Waals surface area contributed by atoms with Crippen molar-refractivity contribution in [1.29, 1.82) is 0 Å². The van der Waals surface area contributed by atoms with Crippen LogP contribution in [0.2, 0.25) is 0 Å². The number of aliphatic hydroxyl groups excluding tert-OH is 1. The summed E-state index contributed by atoms with van der Waals surface area (Å²) < 4.78 is 81.0. The Labute approximate surface area is 225 Å². The van der Waals surface area contributed by atoms with Gasteiger partial charge in [-0.3, -0.25) is 4.79 Å². The van der Waals surface area contributed by atoms with Crippen LogP contribution < -0.4 is 5.32 Å². The Morgan fingerprint density at radius 3 is 2.08 bits per heavy atom. The topological polar surface area (TPSA) is 52.6 Å². The number of carbonyl (C=O) groups excluding carboxylic acids is 1. The number of halogens is 6. The molecule has 0 spiro atoms. The third-order valence-corrected chi connectivity index (χ3v) is 7.76. The van der Waals surface area contributed by atoms with Crippen LogP contribution in [0.4, 0.5) is 26.3 Å². The number of rotatable bonds is 10. The zero-order chi connectivity index (χ0) is 28.8. The maximum absolute atomic E-state index is 13.5. The Hall–Kier alpha value is -2.63. The molecule has 1 unspecified atom stereocenters. The first kappa shape index (κ1) is 30.9. The van der Waals surface area contributed by atoms with Gasteiger partial charge in [-0.15, -0.1) is 0 Å². The highest BCUT2D eigenvalue weighted by Crippen LogP contribution is 2.38. The van der Waals surface area contributed by atoms with Crippen LogP contribution in [0, 0.1) is 0 Å². The van der Waals surface area contributed by atoms with Gasteiger partial charge in [0.2, 0.25) is 0 Å². The van der Waals surface area contributed by atoms with Gasteiger partial charge in [0, 0.05) is 51.1 Å². The highest BCUT2D eigenvalue weighted by molar-refractivity contribution is 5.81. The number of hydrogen-bond acceptors (Lipinski definition) is 3. The zero-order valence-electron chi connectivity index (χ0n) is 22.2. The van der Waals surface area contributed by atoms with E-state index in [4.69, 9.17) is 0 Å². The second-order valence-corrected chi connectivity index (χ2v) is 10.3. The summed E-state index contributed by atoms with van der Waals surface area (Å²) in [4.78, 5) is 15.5. The van der Waals surface area contributed by atoms with Gasteiger partial charge in [-0.25, -0.2) is 0 Å². The van der Waals surface area contributed by atoms with Crippen LogP contribution >= 0.6 is 0 Å². The monoisotopic (exact) mass is 560 g/mol. The zero-order valence-corrected chi connectivity index (χ0v) is 22.2. The fourth-order valence-electron chi connectivity index (χ4n) is 5.63. The minimum atomic E-state index is -4.92. The average Bonchev–Trinajstić information content (AvgIpc) is 2.90. The van der Waals surface area contributed by atoms with E-state index in [2.05, 4.69) is 10.2 Å². The van der Waals surface area contributed by atoms with Crippen molar-refractivity contribution in [1.82, 2.24) is 10.2 Å². The highest BCUT2D eigenvalue weighted by Gasteiger charge is 2.46. The number of carbonyl (C=O) groups is 1. The van der Waals surface area contributed by atoms with E-state index in [1.54, 1.807) is 12.1 Å². The lowest BCUT2D eigenvalue weighted by Gasteiger charge is -2.49. The summed E-state index contributed by atoms with van der Waals surface area (Å²) >= 11 is 0. The maximum atomic E-state index is 13.5. The van der Waals surface area contributed by atoms with Gasteiger partial charge in [0.05, 0.1) is 30.8 Å². The number of likely N-dealkylation sites (tertiary alicyclic amines) is 1. The Bertz CT molecular complexity index is 1050. The molecule has 1 saturated heterocycles. The van der Waals surface area contributed by atoms with Crippen LogP contribution in [0.25, 0.3) is 0 Å². The van der Waals surface area contributed by atoms with Gasteiger partial charge in [0.1, 0.15) is 0 Å². The summed E-state index contributed by atoms with van der Waals surface area (Å²) in [5.41, 5.74) is -2.01. The first-order valence-electron chi connectivity index (χ1n) is 13.0. The quantitative estimate of drug-likeness (QED) is 0.316. The van der Waals surface area contributed by atoms with Gasteiger partial charge in [-0.2, -0.15) is 26.3 Å². The smallest absolute Gasteiger partial charge is 0.396 e. The van der Waals surface area contributed by atoms with Gasteiger partial charge in [-0.1, -0.05) is 30.3 Å². The molecule has 1 amide bonds. The number of nitrogens with zero attached hydrogens (tertiary/aromatic N) is 2. The van der Waals surface area contributed by atoms with E-state index >= 15 is 0 Å². The average molecular weight is 561 g/mol. The second kappa shape index (κ2) is 12.7. The molecule has 0 radical (unpaired) electrons. The van der Waals surface area contributed by atoms with E-state index in [1.165, 1.54) is 7.05 Å². The number of amides is 1. The van der Waals surface area contributed by atoms with E-state index in [0.717, 1.165) is 17.7 Å². The van der Waals surface area contributed by atoms with Crippen molar-refractivity contribution >= 4 is 5.91 Å². The molecular weight excluding hydrogens is 524 g/mol. The molecule has 2 N–H and O–H groups in total. The van der Waals surface area contributed by atoms with Gasteiger partial charge >= 0.3 is 12.4 Å². The minimum absolute atomic E-state index is 0.0572. The van der Waals surface area contributed by atoms with Crippen LogP contribution in [0.15, 0.2) is 48.5 Å². The molecule has 1 heterocycles. The van der Waals surface area contributed by atoms with E-state index in [9.17, 15) is 36.2 Å². The van der Waals surface area contributed by atoms with Crippen molar-refractivity contribution in [3.05, 3.63) is 70.8 Å². The van der Waals surface area contributed by atoms with E-state index < -0.39 is 29.5 Å². The molecule has 1 atom stereocenters. The largest absolute Gasteiger partial charge is 0.416 e. The number of aliphatic hydroxyl groups is 1. The fourth-order valence-corrected chi connectivity index (χ4v) is 5.63. The summed E-state index contributed by atoms with van der Waals surface area (Å²) in [6.45, 7) is 2.00. The predicted molar refractivity (Wildman–Crippen MR) is 136 cm³/mol. The van der Waals surface area contributed by atoms with Crippen molar-refractivity contribution in [3.8, 4) is 0 Å². The van der Waals surface area contributed by atoms with Crippen LogP contribution in [-0.2, 0) is 23.6 Å². The minimum Gasteiger partial charge on any atom is -0.396 e. The first-order valence-corrected chi connectivity index (χ1v) is 13.0. The lowest BCUT2D eigenvalue weighted by molar-refractivity contribution is -0.952. The predicted octanol–water partition coefficient (Wildman–Crippen LogP) is 5.05. The van der Waals surface area contributed by atoms with Gasteiger partial charge < -0.3 is 19.8 Å². The SMILES string of the molecule is CNC(=O)C(c1ccccc1)[N+]1(CCc2cc(C(F)(F)F)cc(C(F)(F)F)c2)CCC(N(C)CCCO)CC1. The third-order valence-electron chi connectivity index (χ3n) is 7.76. The van der Waals surface area contributed by atoms with E-state index in [-0.39, 0.29) is 47.6 Å². The number of alkyl halides is 6. The molecule has 5 nitrogen and oxygen atoms in total. The molecule has 216 valence electrons. The van der Waals surface area contributed by atoms with E-state index in [0.29, 0.717) is 38.9 Å². The van der Waals surface area contributed by atoms with Crippen LogP contribution in [0.3, 0.4) is 0 Å². The molecule has 1 aliphatic heterocycles. The van der Waals surface area contributed by atoms with E-state index in [1.807, 2.05) is 25.2 Å². The highest BCUT2D eigenvalue weighted by atomic mass is 19.4. The molecule has 0 aliphatic carbocycles. The maximum Gasteiger partial charge on any atom is 0.416 e. The number of likely N-dealkylation sites (N-methyl/N-ethyl adjacent to an activating group) is 1. The number of piperidine rings is 1. The fraction of sp³-hybridized carbons (Fsp3) is 0.536. The molecule has 39 heavy (non-hydrogen) atoms.